The third-order valence-electron chi connectivity index (χ3n) is 4.17. The summed E-state index contributed by atoms with van der Waals surface area (Å²) in [4.78, 5) is 36.2. The van der Waals surface area contributed by atoms with Gasteiger partial charge in [0.25, 0.3) is 0 Å². The second-order valence-electron chi connectivity index (χ2n) is 6.26. The molecule has 0 aromatic heterocycles. The SMILES string of the molecule is COC(=O)c1cccc(NC(=O)C(C)S(=O)(=O)CC(=O)Nc2ccccc2OC)c1. The normalized spacial score (nSPS) is 11.8. The molecular formula is C20H22N2O7S. The van der Waals surface area contributed by atoms with Crippen LogP contribution < -0.4 is 15.4 Å². The smallest absolute Gasteiger partial charge is 0.337 e. The first-order chi connectivity index (χ1) is 14.2. The van der Waals surface area contributed by atoms with Gasteiger partial charge >= 0.3 is 5.97 Å². The number of carbonyl (C=O) groups excluding carboxylic acids is 3. The van der Waals surface area contributed by atoms with Crippen LogP contribution in [0.15, 0.2) is 48.5 Å². The van der Waals surface area contributed by atoms with Gasteiger partial charge in [-0.05, 0) is 37.3 Å². The van der Waals surface area contributed by atoms with E-state index in [-0.39, 0.29) is 11.3 Å². The number of ether oxygens (including phenoxy) is 2. The van der Waals surface area contributed by atoms with Crippen LogP contribution in [-0.2, 0) is 24.2 Å². The lowest BCUT2D eigenvalue weighted by molar-refractivity contribution is -0.115. The molecule has 1 atom stereocenters. The summed E-state index contributed by atoms with van der Waals surface area (Å²) < 4.78 is 34.7. The molecule has 0 aliphatic rings. The molecule has 1 unspecified atom stereocenters. The average Bonchev–Trinajstić information content (AvgIpc) is 2.72. The molecule has 0 spiro atoms. The molecule has 2 rings (SSSR count). The van der Waals surface area contributed by atoms with E-state index in [0.717, 1.165) is 0 Å². The molecule has 2 N–H and O–H groups in total. The first-order valence-corrected chi connectivity index (χ1v) is 10.5. The van der Waals surface area contributed by atoms with Crippen LogP contribution in [-0.4, -0.2) is 51.4 Å². The number of hydrogen-bond donors (Lipinski definition) is 2. The summed E-state index contributed by atoms with van der Waals surface area (Å²) in [6.45, 7) is 1.19. The van der Waals surface area contributed by atoms with E-state index in [4.69, 9.17) is 4.74 Å². The Morgan fingerprint density at radius 3 is 2.37 bits per heavy atom. The van der Waals surface area contributed by atoms with Crippen LogP contribution in [0.4, 0.5) is 11.4 Å². The van der Waals surface area contributed by atoms with Crippen LogP contribution in [0.25, 0.3) is 0 Å². The molecule has 10 heteroatoms. The zero-order valence-corrected chi connectivity index (χ0v) is 17.5. The second-order valence-corrected chi connectivity index (χ2v) is 8.58. The summed E-state index contributed by atoms with van der Waals surface area (Å²) in [6, 6.07) is 12.4. The lowest BCUT2D eigenvalue weighted by Gasteiger charge is -2.14. The van der Waals surface area contributed by atoms with E-state index in [1.165, 1.54) is 45.4 Å². The van der Waals surface area contributed by atoms with Gasteiger partial charge in [-0.3, -0.25) is 9.59 Å². The summed E-state index contributed by atoms with van der Waals surface area (Å²) in [6.07, 6.45) is 0. The Bertz CT molecular complexity index is 1050. The number of amides is 2. The van der Waals surface area contributed by atoms with Gasteiger partial charge in [-0.15, -0.1) is 0 Å². The maximum atomic E-state index is 12.5. The van der Waals surface area contributed by atoms with E-state index in [2.05, 4.69) is 15.4 Å². The number of carbonyl (C=O) groups is 3. The van der Waals surface area contributed by atoms with Crippen molar-refractivity contribution in [1.82, 2.24) is 0 Å². The lowest BCUT2D eigenvalue weighted by atomic mass is 10.2. The van der Waals surface area contributed by atoms with Gasteiger partial charge in [-0.25, -0.2) is 13.2 Å². The molecule has 0 saturated heterocycles. The van der Waals surface area contributed by atoms with Crippen LogP contribution in [0.3, 0.4) is 0 Å². The fourth-order valence-corrected chi connectivity index (χ4v) is 3.56. The third kappa shape index (κ3) is 5.80. The van der Waals surface area contributed by atoms with E-state index in [9.17, 15) is 22.8 Å². The monoisotopic (exact) mass is 434 g/mol. The fourth-order valence-electron chi connectivity index (χ4n) is 2.49. The summed E-state index contributed by atoms with van der Waals surface area (Å²) in [5, 5.41) is 3.39. The van der Waals surface area contributed by atoms with Crippen molar-refractivity contribution in [3.8, 4) is 5.75 Å². The van der Waals surface area contributed by atoms with E-state index >= 15 is 0 Å². The molecule has 0 radical (unpaired) electrons. The minimum atomic E-state index is -4.11. The quantitative estimate of drug-likeness (QED) is 0.607. The summed E-state index contributed by atoms with van der Waals surface area (Å²) in [7, 11) is -1.47. The first-order valence-electron chi connectivity index (χ1n) is 8.81. The van der Waals surface area contributed by atoms with Gasteiger partial charge in [0.2, 0.25) is 11.8 Å². The molecule has 9 nitrogen and oxygen atoms in total. The van der Waals surface area contributed by atoms with Crippen molar-refractivity contribution in [2.45, 2.75) is 12.2 Å². The molecule has 2 aromatic rings. The number of benzene rings is 2. The highest BCUT2D eigenvalue weighted by Gasteiger charge is 2.30. The predicted octanol–water partition coefficient (Wildman–Crippen LogP) is 1.86. The number of methoxy groups -OCH3 is 2. The summed E-state index contributed by atoms with van der Waals surface area (Å²) >= 11 is 0. The highest BCUT2D eigenvalue weighted by molar-refractivity contribution is 7.93. The van der Waals surface area contributed by atoms with Gasteiger partial charge in [0.15, 0.2) is 9.84 Å². The van der Waals surface area contributed by atoms with Gasteiger partial charge in [0.1, 0.15) is 16.8 Å². The molecule has 0 bridgehead atoms. The van der Waals surface area contributed by atoms with Gasteiger partial charge in [0, 0.05) is 5.69 Å². The Morgan fingerprint density at radius 1 is 1.00 bits per heavy atom. The fraction of sp³-hybridized carbons (Fsp3) is 0.250. The van der Waals surface area contributed by atoms with Gasteiger partial charge < -0.3 is 20.1 Å². The number of hydrogen-bond acceptors (Lipinski definition) is 7. The molecule has 0 aliphatic heterocycles. The van der Waals surface area contributed by atoms with Crippen molar-refractivity contribution < 1.29 is 32.3 Å². The second kappa shape index (κ2) is 9.88. The van der Waals surface area contributed by atoms with Crippen LogP contribution in [0.1, 0.15) is 17.3 Å². The third-order valence-corrected chi connectivity index (χ3v) is 6.13. The maximum Gasteiger partial charge on any atom is 0.337 e. The largest absolute Gasteiger partial charge is 0.495 e. The van der Waals surface area contributed by atoms with Gasteiger partial charge in [-0.1, -0.05) is 18.2 Å². The van der Waals surface area contributed by atoms with Crippen molar-refractivity contribution in [3.63, 3.8) is 0 Å². The lowest BCUT2D eigenvalue weighted by Crippen LogP contribution is -2.37. The topological polar surface area (TPSA) is 128 Å². The molecule has 0 heterocycles. The van der Waals surface area contributed by atoms with Crippen LogP contribution >= 0.6 is 0 Å². The van der Waals surface area contributed by atoms with Gasteiger partial charge in [0.05, 0.1) is 25.5 Å². The average molecular weight is 434 g/mol. The number of sulfone groups is 1. The van der Waals surface area contributed by atoms with Crippen molar-refractivity contribution in [2.24, 2.45) is 0 Å². The Balaban J connectivity index is 2.05. The Labute approximate surface area is 174 Å². The molecule has 30 heavy (non-hydrogen) atoms. The summed E-state index contributed by atoms with van der Waals surface area (Å²) in [5.41, 5.74) is 0.738. The predicted molar refractivity (Wildman–Crippen MR) is 111 cm³/mol. The Kier molecular flexibility index (Phi) is 7.54. The Morgan fingerprint density at radius 2 is 1.70 bits per heavy atom. The van der Waals surface area contributed by atoms with Crippen LogP contribution in [0.2, 0.25) is 0 Å². The van der Waals surface area contributed by atoms with Crippen molar-refractivity contribution in [3.05, 3.63) is 54.1 Å². The first kappa shape index (κ1) is 22.9. The molecule has 0 fully saturated rings. The van der Waals surface area contributed by atoms with Gasteiger partial charge in [-0.2, -0.15) is 0 Å². The number of rotatable bonds is 8. The molecular weight excluding hydrogens is 412 g/mol. The molecule has 0 aliphatic carbocycles. The Hall–Kier alpha value is -3.40. The van der Waals surface area contributed by atoms with E-state index < -0.39 is 38.6 Å². The van der Waals surface area contributed by atoms with Crippen molar-refractivity contribution in [1.29, 1.82) is 0 Å². The molecule has 2 amide bonds. The van der Waals surface area contributed by atoms with Crippen molar-refractivity contribution >= 4 is 39.0 Å². The summed E-state index contributed by atoms with van der Waals surface area (Å²) in [5.74, 6) is -2.74. The van der Waals surface area contributed by atoms with E-state index in [0.29, 0.717) is 11.4 Å². The maximum absolute atomic E-state index is 12.5. The van der Waals surface area contributed by atoms with Crippen molar-refractivity contribution in [2.75, 3.05) is 30.6 Å². The number of esters is 1. The van der Waals surface area contributed by atoms with E-state index in [1.807, 2.05) is 0 Å². The zero-order chi connectivity index (χ0) is 22.3. The molecule has 160 valence electrons. The highest BCUT2D eigenvalue weighted by Crippen LogP contribution is 2.23. The standard InChI is InChI=1S/C20H22N2O7S/c1-13(19(24)21-15-8-6-7-14(11-15)20(25)29-3)30(26,27)12-18(23)22-16-9-4-5-10-17(16)28-2/h4-11,13H,12H2,1-3H3,(H,21,24)(H,22,23). The van der Waals surface area contributed by atoms with E-state index in [1.54, 1.807) is 24.3 Å². The zero-order valence-electron chi connectivity index (χ0n) is 16.7. The van der Waals surface area contributed by atoms with Crippen LogP contribution in [0.5, 0.6) is 5.75 Å². The molecule has 2 aromatic carbocycles. The van der Waals surface area contributed by atoms with Crippen LogP contribution in [0, 0.1) is 0 Å². The number of nitrogens with one attached hydrogen (secondary N) is 2. The highest BCUT2D eigenvalue weighted by atomic mass is 32.2. The minimum absolute atomic E-state index is 0.196. The minimum Gasteiger partial charge on any atom is -0.495 e. The molecule has 0 saturated carbocycles. The number of para-hydroxylation sites is 2. The number of anilines is 2.